The third-order valence-corrected chi connectivity index (χ3v) is 6.51. The molecule has 1 aromatic rings. The molecule has 3 heterocycles. The Balaban J connectivity index is 1.48. The molecule has 0 N–H and O–H groups in total. The lowest BCUT2D eigenvalue weighted by Crippen LogP contribution is -2.58. The Morgan fingerprint density at radius 2 is 2.12 bits per heavy atom. The van der Waals surface area contributed by atoms with Crippen LogP contribution >= 0.6 is 11.3 Å². The highest BCUT2D eigenvalue weighted by atomic mass is 32.1. The molecule has 1 amide bonds. The number of thiazole rings is 1. The van der Waals surface area contributed by atoms with Crippen LogP contribution in [0.25, 0.3) is 0 Å². The van der Waals surface area contributed by atoms with Crippen LogP contribution in [0.4, 0.5) is 8.78 Å². The normalized spacial score (nSPS) is 30.2. The maximum absolute atomic E-state index is 14.8. The third kappa shape index (κ3) is 2.86. The molecule has 0 bridgehead atoms. The lowest BCUT2D eigenvalue weighted by Gasteiger charge is -2.46. The van der Waals surface area contributed by atoms with Crippen LogP contribution in [0.1, 0.15) is 36.4 Å². The maximum atomic E-state index is 14.8. The first-order valence-electron chi connectivity index (χ1n) is 8.69. The Labute approximate surface area is 144 Å². The Hall–Kier alpha value is -1.08. The minimum atomic E-state index is -2.69. The van der Waals surface area contributed by atoms with E-state index in [2.05, 4.69) is 9.88 Å². The van der Waals surface area contributed by atoms with Gasteiger partial charge in [0, 0.05) is 43.9 Å². The summed E-state index contributed by atoms with van der Waals surface area (Å²) in [6, 6.07) is 0. The van der Waals surface area contributed by atoms with Crippen molar-refractivity contribution in [3.63, 3.8) is 0 Å². The highest BCUT2D eigenvalue weighted by Crippen LogP contribution is 2.50. The topological polar surface area (TPSA) is 36.4 Å². The van der Waals surface area contributed by atoms with E-state index in [1.165, 1.54) is 0 Å². The molecular weight excluding hydrogens is 332 g/mol. The van der Waals surface area contributed by atoms with E-state index in [1.807, 2.05) is 12.3 Å². The Morgan fingerprint density at radius 1 is 1.33 bits per heavy atom. The quantitative estimate of drug-likeness (QED) is 0.836. The summed E-state index contributed by atoms with van der Waals surface area (Å²) >= 11 is 1.59. The zero-order valence-electron chi connectivity index (χ0n) is 13.9. The summed E-state index contributed by atoms with van der Waals surface area (Å²) in [6.07, 6.45) is 2.11. The molecule has 132 valence electrons. The smallest absolute Gasteiger partial charge is 0.258 e. The molecule has 1 atom stereocenters. The molecule has 1 aliphatic carbocycles. The van der Waals surface area contributed by atoms with E-state index in [9.17, 15) is 13.6 Å². The van der Waals surface area contributed by atoms with Crippen LogP contribution in [0.3, 0.4) is 0 Å². The number of carbonyl (C=O) groups is 1. The molecule has 1 spiro atoms. The van der Waals surface area contributed by atoms with Gasteiger partial charge in [-0.1, -0.05) is 0 Å². The van der Waals surface area contributed by atoms with E-state index >= 15 is 0 Å². The first kappa shape index (κ1) is 16.4. The van der Waals surface area contributed by atoms with Crippen molar-refractivity contribution >= 4 is 17.2 Å². The fourth-order valence-corrected chi connectivity index (χ4v) is 4.71. The molecular formula is C17H23F2N3OS. The second-order valence-electron chi connectivity index (χ2n) is 7.59. The number of likely N-dealkylation sites (tertiary alicyclic amines) is 2. The summed E-state index contributed by atoms with van der Waals surface area (Å²) in [5.74, 6) is -2.50. The van der Waals surface area contributed by atoms with Gasteiger partial charge in [-0.15, -0.1) is 11.3 Å². The SMILES string of the molecule is Cc1nc(CN2CCC3(C2)CN(C(=O)C2CC2)CCC3(F)F)cs1. The number of amides is 1. The minimum Gasteiger partial charge on any atom is -0.341 e. The fourth-order valence-electron chi connectivity index (χ4n) is 4.11. The molecule has 3 fully saturated rings. The Morgan fingerprint density at radius 3 is 2.79 bits per heavy atom. The van der Waals surface area contributed by atoms with Crippen molar-refractivity contribution in [3.05, 3.63) is 16.1 Å². The highest BCUT2D eigenvalue weighted by Gasteiger charge is 2.60. The molecule has 0 aromatic carbocycles. The van der Waals surface area contributed by atoms with Gasteiger partial charge in [-0.2, -0.15) is 0 Å². The summed E-state index contributed by atoms with van der Waals surface area (Å²) in [5, 5.41) is 3.01. The van der Waals surface area contributed by atoms with Crippen molar-refractivity contribution in [3.8, 4) is 0 Å². The first-order chi connectivity index (χ1) is 11.4. The van der Waals surface area contributed by atoms with Gasteiger partial charge in [0.05, 0.1) is 16.1 Å². The number of hydrogen-bond donors (Lipinski definition) is 0. The number of alkyl halides is 2. The molecule has 1 saturated carbocycles. The zero-order valence-corrected chi connectivity index (χ0v) is 14.7. The summed E-state index contributed by atoms with van der Waals surface area (Å²) in [6.45, 7) is 4.00. The monoisotopic (exact) mass is 355 g/mol. The molecule has 3 aliphatic rings. The fraction of sp³-hybridized carbons (Fsp3) is 0.765. The van der Waals surface area contributed by atoms with Gasteiger partial charge in [0.2, 0.25) is 5.91 Å². The largest absolute Gasteiger partial charge is 0.341 e. The van der Waals surface area contributed by atoms with Gasteiger partial charge in [0.1, 0.15) is 0 Å². The van der Waals surface area contributed by atoms with Crippen molar-refractivity contribution in [2.24, 2.45) is 11.3 Å². The molecule has 1 unspecified atom stereocenters. The van der Waals surface area contributed by atoms with Gasteiger partial charge in [0.15, 0.2) is 0 Å². The van der Waals surface area contributed by atoms with Crippen LogP contribution in [0, 0.1) is 18.3 Å². The van der Waals surface area contributed by atoms with Crippen molar-refractivity contribution in [1.29, 1.82) is 0 Å². The number of rotatable bonds is 3. The molecule has 1 aromatic heterocycles. The van der Waals surface area contributed by atoms with Crippen molar-refractivity contribution in [2.75, 3.05) is 26.2 Å². The Kier molecular flexibility index (Phi) is 3.91. The van der Waals surface area contributed by atoms with Crippen molar-refractivity contribution in [1.82, 2.24) is 14.8 Å². The number of carbonyl (C=O) groups excluding carboxylic acids is 1. The van der Waals surface area contributed by atoms with E-state index in [1.54, 1.807) is 16.2 Å². The molecule has 4 rings (SSSR count). The van der Waals surface area contributed by atoms with E-state index in [0.29, 0.717) is 26.1 Å². The van der Waals surface area contributed by atoms with E-state index < -0.39 is 11.3 Å². The van der Waals surface area contributed by atoms with Gasteiger partial charge in [0.25, 0.3) is 5.92 Å². The predicted molar refractivity (Wildman–Crippen MR) is 88.0 cm³/mol. The standard InChI is InChI=1S/C17H23F2N3OS/c1-12-20-14(9-24-12)8-21-6-4-16(10-21)11-22(7-5-17(16,18)19)15(23)13-2-3-13/h9,13H,2-8,10-11H2,1H3. The molecule has 4 nitrogen and oxygen atoms in total. The molecule has 0 radical (unpaired) electrons. The number of piperidine rings is 1. The third-order valence-electron chi connectivity index (χ3n) is 5.69. The van der Waals surface area contributed by atoms with E-state index in [0.717, 1.165) is 23.5 Å². The summed E-state index contributed by atoms with van der Waals surface area (Å²) in [7, 11) is 0. The van der Waals surface area contributed by atoms with Crippen molar-refractivity contribution < 1.29 is 13.6 Å². The average Bonchev–Trinajstić information content (AvgIpc) is 3.19. The first-order valence-corrected chi connectivity index (χ1v) is 9.57. The van der Waals surface area contributed by atoms with Crippen LogP contribution in [0.5, 0.6) is 0 Å². The lowest BCUT2D eigenvalue weighted by atomic mass is 9.75. The number of aryl methyl sites for hydroxylation is 1. The summed E-state index contributed by atoms with van der Waals surface area (Å²) in [4.78, 5) is 20.6. The van der Waals surface area contributed by atoms with Crippen LogP contribution in [-0.4, -0.2) is 52.8 Å². The highest BCUT2D eigenvalue weighted by molar-refractivity contribution is 7.09. The predicted octanol–water partition coefficient (Wildman–Crippen LogP) is 2.92. The Bertz CT molecular complexity index is 646. The molecule has 24 heavy (non-hydrogen) atoms. The van der Waals surface area contributed by atoms with Crippen LogP contribution in [-0.2, 0) is 11.3 Å². The second-order valence-corrected chi connectivity index (χ2v) is 8.65. The molecule has 2 aliphatic heterocycles. The number of aromatic nitrogens is 1. The molecule has 7 heteroatoms. The minimum absolute atomic E-state index is 0.0958. The second kappa shape index (κ2) is 5.73. The number of hydrogen-bond acceptors (Lipinski definition) is 4. The zero-order chi connectivity index (χ0) is 16.9. The van der Waals surface area contributed by atoms with Gasteiger partial charge in [-0.25, -0.2) is 13.8 Å². The van der Waals surface area contributed by atoms with Gasteiger partial charge in [-0.05, 0) is 32.7 Å². The average molecular weight is 355 g/mol. The van der Waals surface area contributed by atoms with Crippen LogP contribution < -0.4 is 0 Å². The maximum Gasteiger partial charge on any atom is 0.258 e. The van der Waals surface area contributed by atoms with Gasteiger partial charge < -0.3 is 4.90 Å². The van der Waals surface area contributed by atoms with Crippen LogP contribution in [0.2, 0.25) is 0 Å². The molecule has 2 saturated heterocycles. The van der Waals surface area contributed by atoms with Crippen LogP contribution in [0.15, 0.2) is 5.38 Å². The lowest BCUT2D eigenvalue weighted by molar-refractivity contribution is -0.172. The van der Waals surface area contributed by atoms with E-state index in [4.69, 9.17) is 0 Å². The van der Waals surface area contributed by atoms with Gasteiger partial charge >= 0.3 is 0 Å². The summed E-state index contributed by atoms with van der Waals surface area (Å²) < 4.78 is 29.5. The number of nitrogens with zero attached hydrogens (tertiary/aromatic N) is 3. The number of halogens is 2. The van der Waals surface area contributed by atoms with Crippen molar-refractivity contribution in [2.45, 2.75) is 45.1 Å². The van der Waals surface area contributed by atoms with E-state index in [-0.39, 0.29) is 31.3 Å². The summed E-state index contributed by atoms with van der Waals surface area (Å²) in [5.41, 5.74) is -0.125. The van der Waals surface area contributed by atoms with Gasteiger partial charge in [-0.3, -0.25) is 9.69 Å².